The number of aryl methyl sites for hydroxylation is 5. The third-order valence-electron chi connectivity index (χ3n) is 13.6. The van der Waals surface area contributed by atoms with Gasteiger partial charge in [-0.2, -0.15) is 26.9 Å². The molecule has 0 aliphatic rings. The number of rotatable bonds is 8. The predicted octanol–water partition coefficient (Wildman–Crippen LogP) is 13.7. The minimum absolute atomic E-state index is 0. The van der Waals surface area contributed by atoms with Crippen molar-refractivity contribution in [3.63, 3.8) is 0 Å². The lowest BCUT2D eigenvalue weighted by molar-refractivity contribution is -0.160. The maximum absolute atomic E-state index is 14.5. The van der Waals surface area contributed by atoms with E-state index in [1.165, 1.54) is 17.7 Å². The quantitative estimate of drug-likeness (QED) is 0.0102. The zero-order valence-corrected chi connectivity index (χ0v) is 60.2. The number of nitrogens with zero attached hydrogens (tertiary/aromatic N) is 13. The molecule has 0 fully saturated rings. The third-order valence-corrected chi connectivity index (χ3v) is 14.1. The monoisotopic (exact) mass is 1580 g/mol. The number of aromatic nitrogens is 14. The highest BCUT2D eigenvalue weighted by atomic mass is 36.0. The number of carbonyl (C=O) groups excluding carboxylic acids is 2. The Kier molecular flexibility index (Phi) is 29.7. The summed E-state index contributed by atoms with van der Waals surface area (Å²) >= 11 is 25.2. The Morgan fingerprint density at radius 3 is 1.41 bits per heavy atom. The van der Waals surface area contributed by atoms with Gasteiger partial charge in [-0.15, -0.1) is 0 Å². The number of methoxy groups -OCH3 is 2. The van der Waals surface area contributed by atoms with Crippen molar-refractivity contribution >= 4 is 125 Å². The Morgan fingerprint density at radius 1 is 0.600 bits per heavy atom. The van der Waals surface area contributed by atoms with Gasteiger partial charge < -0.3 is 53.7 Å². The van der Waals surface area contributed by atoms with E-state index in [0.29, 0.717) is 51.2 Å². The molecule has 0 unspecified atom stereocenters. The number of imidazole rings is 4. The molecule has 11 heterocycles. The molecule has 0 saturated carbocycles. The molecule has 0 spiro atoms. The summed E-state index contributed by atoms with van der Waals surface area (Å²) in [6.07, 6.45) is 0.388. The van der Waals surface area contributed by atoms with Crippen LogP contribution in [0.1, 0.15) is 39.6 Å². The molecule has 0 aliphatic carbocycles. The number of hydrogen-bond donors (Lipinski definition) is 8. The van der Waals surface area contributed by atoms with Gasteiger partial charge in [-0.25, -0.2) is 58.2 Å². The predicted molar refractivity (Wildman–Crippen MR) is 386 cm³/mol. The van der Waals surface area contributed by atoms with Crippen molar-refractivity contribution in [2.45, 2.75) is 47.0 Å². The fraction of sp³-hybridized carbons (Fsp3) is 0.141. The molecule has 13 aromatic rings. The Hall–Kier alpha value is -11.0. The number of benzene rings is 2. The standard InChI is InChI=1S/C19H14F4N6.C12H7Cl2FN4.C12H9FN4O2.C9H10N4.C7H9N.C5H7FO4.Cl3OP.H3N.H2O/c1-10-15(29-9-3-2-4-13(29)25-10)18-27-16(24)14(20)17(28-18)26-12-7-5-11(6-8-12)19(21,22)23;1-6-9(19-5-3-2-4-7(19)16-6)12-17-10(13)8(15)11(14)18-12;1-6-9(17-5-3-2-4-7(17)14-6)10-15-11(18)8(13)12(19)16-10;1-6-8(9(10)11)13-5-3-2-4-7(13)12-6;1-6-2-4-7(8)5-3-6;1-9-4(7)3(6)5(8)10-2;1-5(2,3)4;;/h2-9H,1H3,(H3,24,26,27,28);2-5H,1H3;2-5H,1H3,(H2,15,16,18,19);2-5H,1H3,(H3,10,11);2-5H,8H2,1H3;3H,1-2H3;;1H3;1H2. The normalized spacial score (nSPS) is 10.7. The van der Waals surface area contributed by atoms with Crippen molar-refractivity contribution in [1.82, 2.24) is 73.6 Å². The lowest BCUT2D eigenvalue weighted by Crippen LogP contribution is -2.27. The zero-order chi connectivity index (χ0) is 75.9. The van der Waals surface area contributed by atoms with Crippen LogP contribution in [0.25, 0.3) is 57.1 Å². The van der Waals surface area contributed by atoms with Crippen molar-refractivity contribution in [1.29, 1.82) is 5.41 Å². The van der Waals surface area contributed by atoms with E-state index in [-0.39, 0.29) is 56.7 Å². The molecule has 2 aromatic carbocycles. The molecule has 28 nitrogen and oxygen atoms in total. The van der Waals surface area contributed by atoms with Crippen LogP contribution >= 0.6 is 62.1 Å². The number of fused-ring (bicyclic) bond motifs is 4. The minimum Gasteiger partial charge on any atom is -0.491 e. The number of hydrogen-bond acceptors (Lipinski definition) is 21. The highest BCUT2D eigenvalue weighted by Gasteiger charge is 2.31. The number of alkyl halides is 4. The van der Waals surface area contributed by atoms with Crippen LogP contribution in [-0.2, 0) is 29.8 Å². The molecule has 0 aliphatic heterocycles. The van der Waals surface area contributed by atoms with E-state index in [1.807, 2.05) is 110 Å². The number of aromatic amines is 1. The number of nitrogens with one attached hydrogen (secondary N) is 3. The third kappa shape index (κ3) is 22.0. The topological polar surface area (TPSA) is 437 Å². The summed E-state index contributed by atoms with van der Waals surface area (Å²) in [5.74, 6) is -6.58. The Bertz CT molecular complexity index is 5270. The van der Waals surface area contributed by atoms with Crippen molar-refractivity contribution in [2.24, 2.45) is 5.73 Å². The zero-order valence-electron chi connectivity index (χ0n) is 55.6. The first-order valence-corrected chi connectivity index (χ1v) is 34.2. The van der Waals surface area contributed by atoms with Gasteiger partial charge in [-0.1, -0.05) is 65.2 Å². The summed E-state index contributed by atoms with van der Waals surface area (Å²) in [6.45, 7) is 9.21. The molecule has 15 N–H and O–H groups in total. The highest BCUT2D eigenvalue weighted by Crippen LogP contribution is 2.61. The summed E-state index contributed by atoms with van der Waals surface area (Å²) in [7, 11) is 1.97. The Balaban J connectivity index is 0.000000232. The number of H-pyrrole nitrogens is 1. The summed E-state index contributed by atoms with van der Waals surface area (Å²) in [4.78, 5) is 71.1. The highest BCUT2D eigenvalue weighted by molar-refractivity contribution is 8.24. The van der Waals surface area contributed by atoms with Crippen LogP contribution in [0.5, 0.6) is 5.88 Å². The molecule has 11 aromatic heterocycles. The van der Waals surface area contributed by atoms with E-state index >= 15 is 0 Å². The molecule has 0 amide bonds. The number of carbonyl (C=O) groups is 2. The van der Waals surface area contributed by atoms with Gasteiger partial charge in [0.25, 0.3) is 17.6 Å². The fourth-order valence-corrected chi connectivity index (χ4v) is 9.45. The number of anilines is 4. The number of amidine groups is 1. The SMILES string of the molecule is COC(=O)C(F)C(=O)OC.Cc1ccc(N)cc1.Cc1nc2ccccn2c1-c1nc(Cl)c(F)c(Cl)n1.Cc1nc2ccccn2c1-c1nc(N)c(F)c(Nc2ccc(C(F)(F)F)cc2)n1.Cc1nc2ccccn2c1-c1nc(O)c(F)c(=O)[nH]1.Cc1nc2ccccn2c1C(=N)N.N.O.O=P(Cl)(Cl)Cl. The van der Waals surface area contributed by atoms with Crippen molar-refractivity contribution in [2.75, 3.05) is 31.0 Å². The second-order valence-electron chi connectivity index (χ2n) is 20.8. The van der Waals surface area contributed by atoms with E-state index in [0.717, 1.165) is 49.0 Å². The number of aromatic hydroxyl groups is 1. The molecule has 554 valence electrons. The molecule has 13 rings (SSSR count). The molecule has 0 radical (unpaired) electrons. The molecule has 0 bridgehead atoms. The number of nitrogen functional groups attached to an aromatic ring is 3. The smallest absolute Gasteiger partial charge is 0.416 e. The van der Waals surface area contributed by atoms with Crippen LogP contribution in [0.4, 0.5) is 53.7 Å². The number of esters is 2. The maximum Gasteiger partial charge on any atom is 0.416 e. The average Bonchev–Trinajstić information content (AvgIpc) is 1.69. The summed E-state index contributed by atoms with van der Waals surface area (Å²) in [6, 6.07) is 34.0. The second kappa shape index (κ2) is 36.9. The van der Waals surface area contributed by atoms with Gasteiger partial charge in [0.1, 0.15) is 51.2 Å². The largest absolute Gasteiger partial charge is 0.491 e. The van der Waals surface area contributed by atoms with Crippen molar-refractivity contribution in [3.05, 3.63) is 224 Å². The maximum atomic E-state index is 14.5. The van der Waals surface area contributed by atoms with Crippen LogP contribution in [0, 0.1) is 57.5 Å². The lowest BCUT2D eigenvalue weighted by Gasteiger charge is -2.12. The average molecular weight is 1580 g/mol. The molecule has 41 heteroatoms. The van der Waals surface area contributed by atoms with Gasteiger partial charge in [0.05, 0.1) is 42.6 Å². The first kappa shape index (κ1) is 84.6. The first-order chi connectivity index (χ1) is 48.5. The molecular weight excluding hydrogens is 1520 g/mol. The van der Waals surface area contributed by atoms with E-state index in [4.69, 9.17) is 45.8 Å². The molecular formula is C64H61Cl5F7N20O8P. The van der Waals surface area contributed by atoms with Gasteiger partial charge >= 0.3 is 23.3 Å². The number of halogens is 12. The van der Waals surface area contributed by atoms with Crippen LogP contribution in [0.2, 0.25) is 10.3 Å². The van der Waals surface area contributed by atoms with Gasteiger partial charge in [-0.3, -0.25) is 32.4 Å². The van der Waals surface area contributed by atoms with Gasteiger partial charge in [0.15, 0.2) is 45.2 Å². The van der Waals surface area contributed by atoms with Crippen LogP contribution in [0.15, 0.2) is 151 Å². The first-order valence-electron chi connectivity index (χ1n) is 29.1. The number of pyridine rings is 4. The van der Waals surface area contributed by atoms with E-state index in [2.05, 4.69) is 98.4 Å². The lowest BCUT2D eigenvalue weighted by atomic mass is 10.2. The summed E-state index contributed by atoms with van der Waals surface area (Å²) in [5.41, 5.74) is 25.0. The second-order valence-corrected chi connectivity index (χ2v) is 28.2. The number of nitrogens with two attached hydrogens (primary N) is 3. The van der Waals surface area contributed by atoms with E-state index in [1.54, 1.807) is 63.7 Å². The van der Waals surface area contributed by atoms with Crippen molar-refractivity contribution in [3.8, 4) is 40.4 Å². The van der Waals surface area contributed by atoms with E-state index < -0.39 is 69.8 Å². The molecule has 105 heavy (non-hydrogen) atoms. The minimum atomic E-state index is -4.46. The van der Waals surface area contributed by atoms with Gasteiger partial charge in [0.2, 0.25) is 11.6 Å². The van der Waals surface area contributed by atoms with Gasteiger partial charge in [-0.05, 0) is 153 Å². The van der Waals surface area contributed by atoms with Crippen molar-refractivity contribution < 1.29 is 64.9 Å². The summed E-state index contributed by atoms with van der Waals surface area (Å²) in [5, 5.41) is 15.5. The molecule has 0 saturated heterocycles. The van der Waals surface area contributed by atoms with Crippen LogP contribution < -0.4 is 34.2 Å². The Labute approximate surface area is 614 Å². The summed E-state index contributed by atoms with van der Waals surface area (Å²) < 4.78 is 116. The number of ether oxygens (including phenoxy) is 2. The molecule has 0 atom stereocenters. The Morgan fingerprint density at radius 2 is 1.00 bits per heavy atom. The van der Waals surface area contributed by atoms with Gasteiger partial charge in [0, 0.05) is 36.2 Å². The van der Waals surface area contributed by atoms with E-state index in [9.17, 15) is 54.8 Å². The van der Waals surface area contributed by atoms with Crippen LogP contribution in [-0.4, -0.2) is 116 Å². The van der Waals surface area contributed by atoms with Crippen LogP contribution in [0.3, 0.4) is 0 Å². The fourth-order valence-electron chi connectivity index (χ4n) is 9.06.